The SMILES string of the molecule is CCOc1ccc(C(=O)O[C@H](C)C(=O)Nc2cc(C)ccc2C)cc1OC. The molecule has 0 heterocycles. The van der Waals surface area contributed by atoms with E-state index in [2.05, 4.69) is 5.32 Å². The molecule has 0 saturated heterocycles. The molecule has 6 nitrogen and oxygen atoms in total. The van der Waals surface area contributed by atoms with Crippen LogP contribution in [0.2, 0.25) is 0 Å². The quantitative estimate of drug-likeness (QED) is 0.748. The van der Waals surface area contributed by atoms with Crippen molar-refractivity contribution in [3.63, 3.8) is 0 Å². The van der Waals surface area contributed by atoms with E-state index in [1.54, 1.807) is 12.1 Å². The monoisotopic (exact) mass is 371 g/mol. The fourth-order valence-electron chi connectivity index (χ4n) is 2.46. The molecule has 1 amide bonds. The molecule has 0 aromatic heterocycles. The molecule has 0 saturated carbocycles. The second kappa shape index (κ2) is 9.07. The smallest absolute Gasteiger partial charge is 0.339 e. The van der Waals surface area contributed by atoms with Gasteiger partial charge in [-0.05, 0) is 63.1 Å². The van der Waals surface area contributed by atoms with Crippen LogP contribution in [0.15, 0.2) is 36.4 Å². The number of nitrogens with one attached hydrogen (secondary N) is 1. The molecule has 0 aliphatic heterocycles. The first-order valence-electron chi connectivity index (χ1n) is 8.75. The fraction of sp³-hybridized carbons (Fsp3) is 0.333. The van der Waals surface area contributed by atoms with Gasteiger partial charge in [0.1, 0.15) is 0 Å². The molecule has 27 heavy (non-hydrogen) atoms. The highest BCUT2D eigenvalue weighted by Gasteiger charge is 2.20. The van der Waals surface area contributed by atoms with Gasteiger partial charge in [0.2, 0.25) is 0 Å². The number of hydrogen-bond acceptors (Lipinski definition) is 5. The summed E-state index contributed by atoms with van der Waals surface area (Å²) < 4.78 is 16.0. The number of rotatable bonds is 7. The maximum absolute atomic E-state index is 12.4. The highest BCUT2D eigenvalue weighted by molar-refractivity contribution is 5.98. The molecule has 0 aliphatic rings. The zero-order valence-electron chi connectivity index (χ0n) is 16.3. The summed E-state index contributed by atoms with van der Waals surface area (Å²) in [6, 6.07) is 10.5. The van der Waals surface area contributed by atoms with Crippen molar-refractivity contribution in [3.05, 3.63) is 53.1 Å². The van der Waals surface area contributed by atoms with Gasteiger partial charge in [-0.3, -0.25) is 4.79 Å². The highest BCUT2D eigenvalue weighted by Crippen LogP contribution is 2.28. The molecule has 0 spiro atoms. The number of hydrogen-bond donors (Lipinski definition) is 1. The van der Waals surface area contributed by atoms with Crippen LogP contribution in [0.25, 0.3) is 0 Å². The Morgan fingerprint density at radius 3 is 2.48 bits per heavy atom. The minimum Gasteiger partial charge on any atom is -0.493 e. The van der Waals surface area contributed by atoms with Crippen molar-refractivity contribution in [3.8, 4) is 11.5 Å². The van der Waals surface area contributed by atoms with Gasteiger partial charge in [0, 0.05) is 5.69 Å². The first-order valence-corrected chi connectivity index (χ1v) is 8.75. The van der Waals surface area contributed by atoms with E-state index in [0.717, 1.165) is 11.1 Å². The van der Waals surface area contributed by atoms with Crippen molar-refractivity contribution in [2.24, 2.45) is 0 Å². The average Bonchev–Trinajstić information content (AvgIpc) is 2.65. The number of methoxy groups -OCH3 is 1. The minimum absolute atomic E-state index is 0.279. The van der Waals surface area contributed by atoms with Crippen LogP contribution in [0, 0.1) is 13.8 Å². The van der Waals surface area contributed by atoms with Gasteiger partial charge in [0.15, 0.2) is 17.6 Å². The van der Waals surface area contributed by atoms with E-state index in [1.807, 2.05) is 39.0 Å². The topological polar surface area (TPSA) is 73.9 Å². The van der Waals surface area contributed by atoms with Crippen molar-refractivity contribution in [2.75, 3.05) is 19.0 Å². The summed E-state index contributed by atoms with van der Waals surface area (Å²) in [4.78, 5) is 24.7. The fourth-order valence-corrected chi connectivity index (χ4v) is 2.46. The molecule has 0 unspecified atom stereocenters. The van der Waals surface area contributed by atoms with Gasteiger partial charge < -0.3 is 19.5 Å². The molecule has 0 radical (unpaired) electrons. The molecule has 0 aliphatic carbocycles. The van der Waals surface area contributed by atoms with Crippen molar-refractivity contribution >= 4 is 17.6 Å². The van der Waals surface area contributed by atoms with Crippen molar-refractivity contribution in [2.45, 2.75) is 33.8 Å². The van der Waals surface area contributed by atoms with Gasteiger partial charge in [0.05, 0.1) is 19.3 Å². The van der Waals surface area contributed by atoms with E-state index in [4.69, 9.17) is 14.2 Å². The molecule has 0 bridgehead atoms. The van der Waals surface area contributed by atoms with Gasteiger partial charge >= 0.3 is 5.97 Å². The average molecular weight is 371 g/mol. The number of benzene rings is 2. The number of carbonyl (C=O) groups excluding carboxylic acids is 2. The highest BCUT2D eigenvalue weighted by atomic mass is 16.5. The largest absolute Gasteiger partial charge is 0.493 e. The molecular formula is C21H25NO5. The molecule has 1 atom stereocenters. The maximum Gasteiger partial charge on any atom is 0.339 e. The van der Waals surface area contributed by atoms with Crippen LogP contribution in [0.5, 0.6) is 11.5 Å². The van der Waals surface area contributed by atoms with Gasteiger partial charge in [-0.1, -0.05) is 12.1 Å². The molecular weight excluding hydrogens is 346 g/mol. The van der Waals surface area contributed by atoms with E-state index < -0.39 is 18.0 Å². The molecule has 2 aromatic rings. The molecule has 1 N–H and O–H groups in total. The summed E-state index contributed by atoms with van der Waals surface area (Å²) in [5, 5.41) is 2.80. The Balaban J connectivity index is 2.06. The van der Waals surface area contributed by atoms with Crippen molar-refractivity contribution in [1.29, 1.82) is 0 Å². The van der Waals surface area contributed by atoms with Gasteiger partial charge in [-0.2, -0.15) is 0 Å². The Bertz CT molecular complexity index is 831. The summed E-state index contributed by atoms with van der Waals surface area (Å²) in [7, 11) is 1.49. The van der Waals surface area contributed by atoms with Crippen LogP contribution in [0.1, 0.15) is 35.3 Å². The summed E-state index contributed by atoms with van der Waals surface area (Å²) >= 11 is 0. The predicted molar refractivity (Wildman–Crippen MR) is 104 cm³/mol. The van der Waals surface area contributed by atoms with Crippen LogP contribution in [0.3, 0.4) is 0 Å². The van der Waals surface area contributed by atoms with Crippen LogP contribution in [0.4, 0.5) is 5.69 Å². The number of esters is 1. The third-order valence-corrected chi connectivity index (χ3v) is 4.00. The van der Waals surface area contributed by atoms with Gasteiger partial charge in [-0.25, -0.2) is 4.79 Å². The zero-order valence-corrected chi connectivity index (χ0v) is 16.3. The Morgan fingerprint density at radius 1 is 1.07 bits per heavy atom. The summed E-state index contributed by atoms with van der Waals surface area (Å²) in [6.07, 6.45) is -0.949. The molecule has 0 fully saturated rings. The number of amides is 1. The summed E-state index contributed by atoms with van der Waals surface area (Å²) in [5.41, 5.74) is 2.94. The van der Waals surface area contributed by atoms with E-state index >= 15 is 0 Å². The Kier molecular flexibility index (Phi) is 6.82. The van der Waals surface area contributed by atoms with Crippen LogP contribution < -0.4 is 14.8 Å². The van der Waals surface area contributed by atoms with Crippen LogP contribution in [-0.2, 0) is 9.53 Å². The lowest BCUT2D eigenvalue weighted by molar-refractivity contribution is -0.123. The van der Waals surface area contributed by atoms with E-state index in [0.29, 0.717) is 23.8 Å². The van der Waals surface area contributed by atoms with Gasteiger partial charge in [0.25, 0.3) is 5.91 Å². The standard InChI is InChI=1S/C21H25NO5/c1-6-26-18-10-9-16(12-19(18)25-5)21(24)27-15(4)20(23)22-17-11-13(2)7-8-14(17)3/h7-12,15H,6H2,1-5H3,(H,22,23)/t15-/m1/s1. The lowest BCUT2D eigenvalue weighted by atomic mass is 10.1. The van der Waals surface area contributed by atoms with Gasteiger partial charge in [-0.15, -0.1) is 0 Å². The second-order valence-electron chi connectivity index (χ2n) is 6.15. The van der Waals surface area contributed by atoms with Crippen molar-refractivity contribution < 1.29 is 23.8 Å². The Morgan fingerprint density at radius 2 is 1.81 bits per heavy atom. The lowest BCUT2D eigenvalue weighted by Gasteiger charge is -2.16. The molecule has 144 valence electrons. The number of carbonyl (C=O) groups is 2. The first-order chi connectivity index (χ1) is 12.8. The Labute approximate surface area is 159 Å². The number of ether oxygens (including phenoxy) is 3. The predicted octanol–water partition coefficient (Wildman–Crippen LogP) is 3.89. The van der Waals surface area contributed by atoms with Crippen LogP contribution >= 0.6 is 0 Å². The number of aryl methyl sites for hydroxylation is 2. The van der Waals surface area contributed by atoms with E-state index in [-0.39, 0.29) is 5.56 Å². The first kappa shape index (κ1) is 20.3. The minimum atomic E-state index is -0.949. The third-order valence-electron chi connectivity index (χ3n) is 4.00. The van der Waals surface area contributed by atoms with Crippen LogP contribution in [-0.4, -0.2) is 31.7 Å². The summed E-state index contributed by atoms with van der Waals surface area (Å²) in [5.74, 6) is -0.0361. The maximum atomic E-state index is 12.4. The van der Waals surface area contributed by atoms with Crippen molar-refractivity contribution in [1.82, 2.24) is 0 Å². The molecule has 6 heteroatoms. The third kappa shape index (κ3) is 5.23. The van der Waals surface area contributed by atoms with E-state index in [9.17, 15) is 9.59 Å². The number of anilines is 1. The van der Waals surface area contributed by atoms with E-state index in [1.165, 1.54) is 20.1 Å². The summed E-state index contributed by atoms with van der Waals surface area (Å²) in [6.45, 7) is 7.72. The molecule has 2 rings (SSSR count). The zero-order chi connectivity index (χ0) is 20.0. The lowest BCUT2D eigenvalue weighted by Crippen LogP contribution is -2.30. The second-order valence-corrected chi connectivity index (χ2v) is 6.15. The Hall–Kier alpha value is -3.02. The normalized spacial score (nSPS) is 11.4. The molecule has 2 aromatic carbocycles.